The largest absolute Gasteiger partial charge is 0.284 e. The summed E-state index contributed by atoms with van der Waals surface area (Å²) in [6, 6.07) is 16.4. The van der Waals surface area contributed by atoms with E-state index in [4.69, 9.17) is 0 Å². The highest BCUT2D eigenvalue weighted by molar-refractivity contribution is 6.10. The van der Waals surface area contributed by atoms with Crippen molar-refractivity contribution in [3.05, 3.63) is 71.8 Å². The first-order valence-corrected chi connectivity index (χ1v) is 10.7. The van der Waals surface area contributed by atoms with Gasteiger partial charge in [-0.2, -0.15) is 0 Å². The van der Waals surface area contributed by atoms with Gasteiger partial charge in [0.15, 0.2) is 0 Å². The van der Waals surface area contributed by atoms with Gasteiger partial charge < -0.3 is 0 Å². The Morgan fingerprint density at radius 1 is 0.500 bits per heavy atom. The number of likely N-dealkylation sites (N-methyl/N-ethyl adjacent to an activating group) is 2. The minimum atomic E-state index is -0.751. The molecule has 2 aromatic carbocycles. The van der Waals surface area contributed by atoms with Crippen molar-refractivity contribution < 1.29 is 19.2 Å². The third kappa shape index (κ3) is 2.23. The second kappa shape index (κ2) is 6.57. The molecule has 6 atom stereocenters. The number of imide groups is 2. The first-order valence-electron chi connectivity index (χ1n) is 10.7. The van der Waals surface area contributed by atoms with Gasteiger partial charge in [0.05, 0.1) is 23.9 Å². The van der Waals surface area contributed by atoms with E-state index in [2.05, 4.69) is 0 Å². The Labute approximate surface area is 185 Å². The van der Waals surface area contributed by atoms with Crippen LogP contribution in [-0.4, -0.2) is 69.6 Å². The lowest BCUT2D eigenvalue weighted by Gasteiger charge is -2.35. The molecule has 2 aromatic rings. The molecule has 4 aliphatic rings. The van der Waals surface area contributed by atoms with E-state index in [0.717, 1.165) is 11.1 Å². The average molecular weight is 430 g/mol. The van der Waals surface area contributed by atoms with Crippen LogP contribution in [0.1, 0.15) is 23.2 Å². The van der Waals surface area contributed by atoms with Crippen molar-refractivity contribution in [2.24, 2.45) is 11.8 Å². The number of rotatable bonds is 2. The zero-order valence-corrected chi connectivity index (χ0v) is 17.7. The Kier molecular flexibility index (Phi) is 3.97. The summed E-state index contributed by atoms with van der Waals surface area (Å²) in [7, 11) is 3.02. The Morgan fingerprint density at radius 3 is 1.19 bits per heavy atom. The van der Waals surface area contributed by atoms with Crippen molar-refractivity contribution in [3.8, 4) is 0 Å². The predicted octanol–water partition coefficient (Wildman–Crippen LogP) is 0.982. The van der Waals surface area contributed by atoms with Crippen LogP contribution in [0.15, 0.2) is 60.7 Å². The van der Waals surface area contributed by atoms with Crippen LogP contribution in [0, 0.1) is 11.8 Å². The Hall–Kier alpha value is -3.36. The van der Waals surface area contributed by atoms with Gasteiger partial charge in [-0.05, 0) is 11.1 Å². The number of fused-ring (bicyclic) bond motifs is 5. The van der Waals surface area contributed by atoms with Crippen molar-refractivity contribution in [1.82, 2.24) is 19.8 Å². The van der Waals surface area contributed by atoms with Crippen LogP contribution in [0.3, 0.4) is 0 Å². The standard InChI is InChI=1S/C24H22N4O4/c1-25-21(29)15-17(13-9-5-3-6-10-13)28-20-16(22(30)26(2)24(20)32)18(14-11-7-4-8-12-14)27(28)19(15)23(25)31/h3-12,15-20H,1-2H3. The summed E-state index contributed by atoms with van der Waals surface area (Å²) in [5, 5.41) is 3.75. The minimum absolute atomic E-state index is 0.253. The Morgan fingerprint density at radius 2 is 0.844 bits per heavy atom. The van der Waals surface area contributed by atoms with Crippen LogP contribution in [0.5, 0.6) is 0 Å². The van der Waals surface area contributed by atoms with E-state index in [1.165, 1.54) is 23.9 Å². The van der Waals surface area contributed by atoms with Crippen LogP contribution in [0.25, 0.3) is 0 Å². The summed E-state index contributed by atoms with van der Waals surface area (Å²) in [4.78, 5) is 55.5. The maximum absolute atomic E-state index is 13.3. The van der Waals surface area contributed by atoms with Crippen molar-refractivity contribution in [1.29, 1.82) is 0 Å². The molecule has 4 fully saturated rings. The SMILES string of the molecule is CN1C(=O)C2C(C1=O)N1C(c3ccccc3)C3C(=O)N(C)C(=O)C3N1C2c1ccccc1. The van der Waals surface area contributed by atoms with E-state index < -0.39 is 36.0 Å². The number of hydrogen-bond acceptors (Lipinski definition) is 6. The van der Waals surface area contributed by atoms with E-state index in [9.17, 15) is 19.2 Å². The van der Waals surface area contributed by atoms with E-state index in [-0.39, 0.29) is 23.6 Å². The second-order valence-corrected chi connectivity index (χ2v) is 8.88. The molecule has 32 heavy (non-hydrogen) atoms. The average Bonchev–Trinajstić information content (AvgIpc) is 3.46. The Balaban J connectivity index is 1.60. The molecule has 0 spiro atoms. The predicted molar refractivity (Wildman–Crippen MR) is 112 cm³/mol. The molecular weight excluding hydrogens is 408 g/mol. The van der Waals surface area contributed by atoms with Crippen molar-refractivity contribution in [2.45, 2.75) is 24.2 Å². The molecule has 0 radical (unpaired) electrons. The van der Waals surface area contributed by atoms with E-state index >= 15 is 0 Å². The molecule has 0 saturated carbocycles. The number of carbonyl (C=O) groups is 4. The number of hydrogen-bond donors (Lipinski definition) is 0. The highest BCUT2D eigenvalue weighted by atomic mass is 16.2. The molecule has 0 aromatic heterocycles. The quantitative estimate of drug-likeness (QED) is 0.661. The van der Waals surface area contributed by atoms with Gasteiger partial charge in [0.1, 0.15) is 12.1 Å². The summed E-state index contributed by atoms with van der Waals surface area (Å²) < 4.78 is 0. The first kappa shape index (κ1) is 19.3. The first-order chi connectivity index (χ1) is 15.4. The molecule has 6 unspecified atom stereocenters. The molecule has 4 amide bonds. The Bertz CT molecular complexity index is 1060. The molecule has 4 saturated heterocycles. The fourth-order valence-corrected chi connectivity index (χ4v) is 6.08. The molecule has 6 rings (SSSR count). The highest BCUT2D eigenvalue weighted by Crippen LogP contribution is 2.58. The molecule has 8 heteroatoms. The molecule has 0 aliphatic carbocycles. The number of likely N-dealkylation sites (tertiary alicyclic amines) is 2. The molecule has 4 heterocycles. The molecule has 0 N–H and O–H groups in total. The third-order valence-electron chi connectivity index (χ3n) is 7.45. The van der Waals surface area contributed by atoms with Gasteiger partial charge in [-0.25, -0.2) is 10.0 Å². The molecular formula is C24H22N4O4. The van der Waals surface area contributed by atoms with E-state index in [1.807, 2.05) is 70.7 Å². The summed E-state index contributed by atoms with van der Waals surface area (Å²) in [6.45, 7) is 0. The summed E-state index contributed by atoms with van der Waals surface area (Å²) in [5.41, 5.74) is 1.70. The minimum Gasteiger partial charge on any atom is -0.284 e. The topological polar surface area (TPSA) is 81.2 Å². The van der Waals surface area contributed by atoms with Gasteiger partial charge in [-0.15, -0.1) is 0 Å². The fraction of sp³-hybridized carbons (Fsp3) is 0.333. The van der Waals surface area contributed by atoms with Crippen LogP contribution < -0.4 is 0 Å². The summed E-state index contributed by atoms with van der Waals surface area (Å²) in [5.74, 6) is -2.38. The van der Waals surface area contributed by atoms with E-state index in [1.54, 1.807) is 0 Å². The number of benzene rings is 2. The second-order valence-electron chi connectivity index (χ2n) is 8.88. The van der Waals surface area contributed by atoms with Crippen molar-refractivity contribution >= 4 is 23.6 Å². The highest BCUT2D eigenvalue weighted by Gasteiger charge is 2.72. The smallest absolute Gasteiger partial charge is 0.248 e. The normalized spacial score (nSPS) is 34.4. The van der Waals surface area contributed by atoms with E-state index in [0.29, 0.717) is 0 Å². The maximum Gasteiger partial charge on any atom is 0.248 e. The third-order valence-corrected chi connectivity index (χ3v) is 7.45. The molecule has 8 nitrogen and oxygen atoms in total. The van der Waals surface area contributed by atoms with Crippen LogP contribution >= 0.6 is 0 Å². The lowest BCUT2D eigenvalue weighted by Crippen LogP contribution is -2.49. The zero-order chi connectivity index (χ0) is 22.3. The number of nitrogens with zero attached hydrogens (tertiary/aromatic N) is 4. The summed E-state index contributed by atoms with van der Waals surface area (Å²) in [6.07, 6.45) is 0. The van der Waals surface area contributed by atoms with Gasteiger partial charge in [-0.3, -0.25) is 29.0 Å². The van der Waals surface area contributed by atoms with Gasteiger partial charge in [0.25, 0.3) is 0 Å². The van der Waals surface area contributed by atoms with Gasteiger partial charge in [-0.1, -0.05) is 60.7 Å². The van der Waals surface area contributed by atoms with Crippen molar-refractivity contribution in [3.63, 3.8) is 0 Å². The van der Waals surface area contributed by atoms with Crippen LogP contribution in [0.4, 0.5) is 0 Å². The summed E-state index contributed by atoms with van der Waals surface area (Å²) >= 11 is 0. The van der Waals surface area contributed by atoms with Gasteiger partial charge >= 0.3 is 0 Å². The monoisotopic (exact) mass is 430 g/mol. The lowest BCUT2D eigenvalue weighted by atomic mass is 9.84. The number of hydrazine groups is 1. The van der Waals surface area contributed by atoms with Gasteiger partial charge in [0.2, 0.25) is 23.6 Å². The zero-order valence-electron chi connectivity index (χ0n) is 17.7. The molecule has 4 aliphatic heterocycles. The van der Waals surface area contributed by atoms with Crippen LogP contribution in [-0.2, 0) is 19.2 Å². The lowest BCUT2D eigenvalue weighted by molar-refractivity contribution is -0.151. The van der Waals surface area contributed by atoms with Crippen LogP contribution in [0.2, 0.25) is 0 Å². The molecule has 0 bridgehead atoms. The van der Waals surface area contributed by atoms with Gasteiger partial charge in [0, 0.05) is 14.1 Å². The molecule has 162 valence electrons. The number of amides is 4. The van der Waals surface area contributed by atoms with Crippen molar-refractivity contribution in [2.75, 3.05) is 14.1 Å². The fourth-order valence-electron chi connectivity index (χ4n) is 6.08. The maximum atomic E-state index is 13.3. The number of carbonyl (C=O) groups excluding carboxylic acids is 4.